The number of aryl methyl sites for hydroxylation is 1. The molecule has 2 rings (SSSR count). The molecule has 0 fully saturated rings. The fourth-order valence-corrected chi connectivity index (χ4v) is 1.64. The first-order valence-electron chi connectivity index (χ1n) is 5.03. The number of aliphatic hydroxyl groups is 1. The second kappa shape index (κ2) is 4.41. The number of benzene rings is 1. The van der Waals surface area contributed by atoms with Gasteiger partial charge in [-0.1, -0.05) is 12.1 Å². The van der Waals surface area contributed by atoms with E-state index in [4.69, 9.17) is 0 Å². The van der Waals surface area contributed by atoms with Crippen LogP contribution in [0.3, 0.4) is 0 Å². The first kappa shape index (κ1) is 10.8. The van der Waals surface area contributed by atoms with E-state index in [1.807, 2.05) is 6.07 Å². The monoisotopic (exact) mass is 217 g/mol. The molecular weight excluding hydrogens is 205 g/mol. The standard InChI is InChI=1S/C13H12FNO/c1-9-8-10(14)5-6-11(9)13(16)12-4-2-3-7-15-12/h2-8,13,16H,1H3/t13-/m1/s1. The van der Waals surface area contributed by atoms with Crippen LogP contribution in [0.4, 0.5) is 4.39 Å². The van der Waals surface area contributed by atoms with Gasteiger partial charge in [0, 0.05) is 6.20 Å². The number of pyridine rings is 1. The van der Waals surface area contributed by atoms with Crippen molar-refractivity contribution in [3.8, 4) is 0 Å². The van der Waals surface area contributed by atoms with Crippen molar-refractivity contribution >= 4 is 0 Å². The molecule has 2 aromatic rings. The van der Waals surface area contributed by atoms with Gasteiger partial charge in [-0.15, -0.1) is 0 Å². The number of rotatable bonds is 2. The number of nitrogens with zero attached hydrogens (tertiary/aromatic N) is 1. The van der Waals surface area contributed by atoms with Crippen LogP contribution in [-0.4, -0.2) is 10.1 Å². The Balaban J connectivity index is 2.38. The molecule has 0 saturated carbocycles. The summed E-state index contributed by atoms with van der Waals surface area (Å²) in [5.74, 6) is -0.297. The Morgan fingerprint density at radius 2 is 2.06 bits per heavy atom. The van der Waals surface area contributed by atoms with Crippen LogP contribution in [-0.2, 0) is 0 Å². The summed E-state index contributed by atoms with van der Waals surface area (Å²) in [6.07, 6.45) is 0.819. The highest BCUT2D eigenvalue weighted by atomic mass is 19.1. The van der Waals surface area contributed by atoms with E-state index in [1.54, 1.807) is 31.3 Å². The zero-order valence-electron chi connectivity index (χ0n) is 8.89. The fraction of sp³-hybridized carbons (Fsp3) is 0.154. The molecule has 0 aliphatic carbocycles. The molecule has 0 radical (unpaired) electrons. The van der Waals surface area contributed by atoms with Gasteiger partial charge in [0.25, 0.3) is 0 Å². The zero-order chi connectivity index (χ0) is 11.5. The maximum absolute atomic E-state index is 12.9. The molecule has 1 atom stereocenters. The molecule has 2 nitrogen and oxygen atoms in total. The van der Waals surface area contributed by atoms with E-state index in [0.717, 1.165) is 5.56 Å². The van der Waals surface area contributed by atoms with Gasteiger partial charge >= 0.3 is 0 Å². The third-order valence-electron chi connectivity index (χ3n) is 2.49. The van der Waals surface area contributed by atoms with Crippen LogP contribution in [0, 0.1) is 12.7 Å². The predicted molar refractivity (Wildman–Crippen MR) is 59.4 cm³/mol. The molecule has 1 aromatic carbocycles. The van der Waals surface area contributed by atoms with Gasteiger partial charge in [-0.25, -0.2) is 4.39 Å². The van der Waals surface area contributed by atoms with Crippen molar-refractivity contribution in [2.75, 3.05) is 0 Å². The molecule has 0 saturated heterocycles. The molecule has 0 amide bonds. The molecule has 82 valence electrons. The van der Waals surface area contributed by atoms with Crippen LogP contribution >= 0.6 is 0 Å². The SMILES string of the molecule is Cc1cc(F)ccc1[C@@H](O)c1ccccn1. The lowest BCUT2D eigenvalue weighted by molar-refractivity contribution is 0.214. The number of hydrogen-bond acceptors (Lipinski definition) is 2. The van der Waals surface area contributed by atoms with E-state index < -0.39 is 6.10 Å². The maximum atomic E-state index is 12.9. The minimum atomic E-state index is -0.804. The summed E-state index contributed by atoms with van der Waals surface area (Å²) >= 11 is 0. The largest absolute Gasteiger partial charge is 0.382 e. The van der Waals surface area contributed by atoms with Gasteiger partial charge in [0.2, 0.25) is 0 Å². The summed E-state index contributed by atoms with van der Waals surface area (Å²) < 4.78 is 12.9. The van der Waals surface area contributed by atoms with Crippen LogP contribution < -0.4 is 0 Å². The smallest absolute Gasteiger partial charge is 0.123 e. The molecule has 0 aliphatic rings. The molecule has 1 N–H and O–H groups in total. The highest BCUT2D eigenvalue weighted by Gasteiger charge is 2.13. The second-order valence-electron chi connectivity index (χ2n) is 3.66. The molecular formula is C13H12FNO. The Hall–Kier alpha value is -1.74. The van der Waals surface area contributed by atoms with E-state index >= 15 is 0 Å². The maximum Gasteiger partial charge on any atom is 0.123 e. The minimum Gasteiger partial charge on any atom is -0.382 e. The normalized spacial score (nSPS) is 12.4. The van der Waals surface area contributed by atoms with Crippen LogP contribution in [0.25, 0.3) is 0 Å². The van der Waals surface area contributed by atoms with Crippen LogP contribution in [0.5, 0.6) is 0 Å². The average molecular weight is 217 g/mol. The summed E-state index contributed by atoms with van der Waals surface area (Å²) in [6.45, 7) is 1.77. The highest BCUT2D eigenvalue weighted by molar-refractivity contribution is 5.33. The first-order chi connectivity index (χ1) is 7.68. The van der Waals surface area contributed by atoms with Gasteiger partial charge in [0.1, 0.15) is 11.9 Å². The molecule has 0 aliphatic heterocycles. The molecule has 3 heteroatoms. The summed E-state index contributed by atoms with van der Waals surface area (Å²) in [5.41, 5.74) is 1.97. The minimum absolute atomic E-state index is 0.297. The zero-order valence-corrected chi connectivity index (χ0v) is 8.89. The van der Waals surface area contributed by atoms with Crippen LogP contribution in [0.2, 0.25) is 0 Å². The lowest BCUT2D eigenvalue weighted by Crippen LogP contribution is -2.04. The summed E-state index contributed by atoms with van der Waals surface area (Å²) in [4.78, 5) is 4.07. The van der Waals surface area contributed by atoms with E-state index in [2.05, 4.69) is 4.98 Å². The number of aromatic nitrogens is 1. The van der Waals surface area contributed by atoms with Gasteiger partial charge < -0.3 is 5.11 Å². The van der Waals surface area contributed by atoms with Crippen molar-refractivity contribution in [1.82, 2.24) is 4.98 Å². The Labute approximate surface area is 93.4 Å². The first-order valence-corrected chi connectivity index (χ1v) is 5.03. The lowest BCUT2D eigenvalue weighted by Gasteiger charge is -2.12. The topological polar surface area (TPSA) is 33.1 Å². The van der Waals surface area contributed by atoms with Crippen molar-refractivity contribution in [3.63, 3.8) is 0 Å². The number of halogens is 1. The van der Waals surface area contributed by atoms with Crippen molar-refractivity contribution in [2.24, 2.45) is 0 Å². The predicted octanol–water partition coefficient (Wildman–Crippen LogP) is 2.61. The lowest BCUT2D eigenvalue weighted by atomic mass is 10.0. The van der Waals surface area contributed by atoms with Gasteiger partial charge in [-0.05, 0) is 42.3 Å². The van der Waals surface area contributed by atoms with Crippen molar-refractivity contribution in [2.45, 2.75) is 13.0 Å². The van der Waals surface area contributed by atoms with Crippen molar-refractivity contribution in [3.05, 3.63) is 65.2 Å². The van der Waals surface area contributed by atoms with Gasteiger partial charge in [-0.2, -0.15) is 0 Å². The molecule has 0 spiro atoms. The third-order valence-corrected chi connectivity index (χ3v) is 2.49. The molecule has 1 heterocycles. The van der Waals surface area contributed by atoms with E-state index in [0.29, 0.717) is 11.3 Å². The van der Waals surface area contributed by atoms with Gasteiger partial charge in [0.05, 0.1) is 5.69 Å². The molecule has 0 bridgehead atoms. The van der Waals surface area contributed by atoms with Crippen LogP contribution in [0.15, 0.2) is 42.6 Å². The Morgan fingerprint density at radius 1 is 1.25 bits per heavy atom. The molecule has 1 aromatic heterocycles. The molecule has 0 unspecified atom stereocenters. The summed E-state index contributed by atoms with van der Waals surface area (Å²) in [7, 11) is 0. The van der Waals surface area contributed by atoms with Crippen molar-refractivity contribution < 1.29 is 9.50 Å². The van der Waals surface area contributed by atoms with E-state index in [9.17, 15) is 9.50 Å². The molecule has 16 heavy (non-hydrogen) atoms. The second-order valence-corrected chi connectivity index (χ2v) is 3.66. The highest BCUT2D eigenvalue weighted by Crippen LogP contribution is 2.23. The Kier molecular flexibility index (Phi) is 2.97. The fourth-order valence-electron chi connectivity index (χ4n) is 1.64. The average Bonchev–Trinajstić information content (AvgIpc) is 2.29. The van der Waals surface area contributed by atoms with Crippen LogP contribution in [0.1, 0.15) is 22.9 Å². The van der Waals surface area contributed by atoms with E-state index in [1.165, 1.54) is 12.1 Å². The Bertz CT molecular complexity index is 485. The summed E-state index contributed by atoms with van der Waals surface area (Å²) in [5, 5.41) is 10.1. The van der Waals surface area contributed by atoms with Crippen molar-refractivity contribution in [1.29, 1.82) is 0 Å². The van der Waals surface area contributed by atoms with Gasteiger partial charge in [0.15, 0.2) is 0 Å². The number of aliphatic hydroxyl groups excluding tert-OH is 1. The Morgan fingerprint density at radius 3 is 2.69 bits per heavy atom. The summed E-state index contributed by atoms with van der Waals surface area (Å²) in [6, 6.07) is 9.67. The van der Waals surface area contributed by atoms with Gasteiger partial charge in [-0.3, -0.25) is 4.98 Å². The number of hydrogen-bond donors (Lipinski definition) is 1. The third kappa shape index (κ3) is 2.09. The quantitative estimate of drug-likeness (QED) is 0.838. The van der Waals surface area contributed by atoms with E-state index in [-0.39, 0.29) is 5.82 Å².